The van der Waals surface area contributed by atoms with E-state index in [0.717, 1.165) is 76.2 Å². The number of aromatic nitrogens is 1. The zero-order chi connectivity index (χ0) is 19.9. The summed E-state index contributed by atoms with van der Waals surface area (Å²) in [4.78, 5) is 9.62. The van der Waals surface area contributed by atoms with Crippen LogP contribution in [0.1, 0.15) is 36.8 Å². The van der Waals surface area contributed by atoms with Gasteiger partial charge < -0.3 is 14.5 Å². The Morgan fingerprint density at radius 3 is 2.41 bits per heavy atom. The van der Waals surface area contributed by atoms with Gasteiger partial charge in [-0.25, -0.2) is 9.37 Å². The molecule has 1 aromatic heterocycles. The highest BCUT2D eigenvalue weighted by atomic mass is 19.1. The maximum atomic E-state index is 13.9. The zero-order valence-electron chi connectivity index (χ0n) is 17.2. The van der Waals surface area contributed by atoms with Crippen LogP contribution >= 0.6 is 0 Å². The fourth-order valence-electron chi connectivity index (χ4n) is 5.06. The van der Waals surface area contributed by atoms with Gasteiger partial charge in [0.2, 0.25) is 0 Å². The van der Waals surface area contributed by atoms with E-state index in [-0.39, 0.29) is 17.0 Å². The molecule has 2 saturated heterocycles. The van der Waals surface area contributed by atoms with Crippen molar-refractivity contribution in [1.82, 2.24) is 9.88 Å². The lowest BCUT2D eigenvalue weighted by Gasteiger charge is -2.51. The molecule has 1 aromatic carbocycles. The number of pyridine rings is 1. The number of halogens is 1. The smallest absolute Gasteiger partial charge is 0.131 e. The Bertz CT molecular complexity index is 874. The minimum absolute atomic E-state index is 0.0392. The van der Waals surface area contributed by atoms with E-state index in [2.05, 4.69) is 27.8 Å². The summed E-state index contributed by atoms with van der Waals surface area (Å²) < 4.78 is 20.7. The molecule has 2 aromatic rings. The van der Waals surface area contributed by atoms with E-state index in [9.17, 15) is 4.39 Å². The second-order valence-electron chi connectivity index (χ2n) is 9.15. The molecule has 0 atom stereocenters. The molecule has 0 N–H and O–H groups in total. The number of hydrogen-bond donors (Lipinski definition) is 0. The predicted molar refractivity (Wildman–Crippen MR) is 113 cm³/mol. The number of aryl methyl sites for hydroxylation is 1. The minimum atomic E-state index is -0.0892. The van der Waals surface area contributed by atoms with Crippen LogP contribution in [0.5, 0.6) is 0 Å². The lowest BCUT2D eigenvalue weighted by atomic mass is 9.87. The van der Waals surface area contributed by atoms with Crippen LogP contribution in [0.3, 0.4) is 0 Å². The summed E-state index contributed by atoms with van der Waals surface area (Å²) in [5, 5.41) is 0. The SMILES string of the molecule is Cc1cccnc1N1CC2(CCN(CCc3ccccc3F)CC2)OC2(CC2)C1. The molecule has 0 radical (unpaired) electrons. The Balaban J connectivity index is 1.25. The van der Waals surface area contributed by atoms with Gasteiger partial charge in [-0.3, -0.25) is 0 Å². The Hall–Kier alpha value is -1.98. The Morgan fingerprint density at radius 2 is 1.72 bits per heavy atom. The zero-order valence-corrected chi connectivity index (χ0v) is 17.2. The second kappa shape index (κ2) is 7.37. The molecule has 2 spiro atoms. The molecule has 2 aliphatic heterocycles. The topological polar surface area (TPSA) is 28.6 Å². The highest BCUT2D eigenvalue weighted by molar-refractivity contribution is 5.48. The number of ether oxygens (including phenoxy) is 1. The van der Waals surface area contributed by atoms with E-state index in [4.69, 9.17) is 4.74 Å². The maximum Gasteiger partial charge on any atom is 0.131 e. The molecule has 0 unspecified atom stereocenters. The van der Waals surface area contributed by atoms with Gasteiger partial charge in [-0.1, -0.05) is 24.3 Å². The quantitative estimate of drug-likeness (QED) is 0.783. The summed E-state index contributed by atoms with van der Waals surface area (Å²) in [6.07, 6.45) is 7.06. The lowest BCUT2D eigenvalue weighted by Crippen LogP contribution is -2.61. The molecule has 5 rings (SSSR count). The number of rotatable bonds is 4. The van der Waals surface area contributed by atoms with Crippen molar-refractivity contribution in [2.75, 3.05) is 37.6 Å². The van der Waals surface area contributed by atoms with Crippen molar-refractivity contribution < 1.29 is 9.13 Å². The third kappa shape index (κ3) is 3.90. The molecule has 4 nitrogen and oxygen atoms in total. The normalized spacial score (nSPS) is 22.9. The average Bonchev–Trinajstić information content (AvgIpc) is 3.46. The van der Waals surface area contributed by atoms with E-state index < -0.39 is 0 Å². The molecular weight excluding hydrogens is 365 g/mol. The lowest BCUT2D eigenvalue weighted by molar-refractivity contribution is -0.145. The molecule has 0 bridgehead atoms. The van der Waals surface area contributed by atoms with E-state index in [1.165, 1.54) is 5.56 Å². The van der Waals surface area contributed by atoms with Gasteiger partial charge in [0, 0.05) is 38.9 Å². The van der Waals surface area contributed by atoms with Crippen LogP contribution in [-0.4, -0.2) is 53.8 Å². The van der Waals surface area contributed by atoms with Gasteiger partial charge in [-0.05, 0) is 62.3 Å². The van der Waals surface area contributed by atoms with Crippen LogP contribution in [-0.2, 0) is 11.2 Å². The van der Waals surface area contributed by atoms with Gasteiger partial charge in [0.15, 0.2) is 0 Å². The summed E-state index contributed by atoms with van der Waals surface area (Å²) in [5.41, 5.74) is 2.02. The first-order chi connectivity index (χ1) is 14.1. The third-order valence-corrected chi connectivity index (χ3v) is 6.90. The molecule has 1 aliphatic carbocycles. The molecule has 3 heterocycles. The summed E-state index contributed by atoms with van der Waals surface area (Å²) in [6, 6.07) is 11.3. The molecule has 29 heavy (non-hydrogen) atoms. The van der Waals surface area contributed by atoms with Crippen LogP contribution in [0.15, 0.2) is 42.6 Å². The molecule has 3 aliphatic rings. The largest absolute Gasteiger partial charge is 0.365 e. The third-order valence-electron chi connectivity index (χ3n) is 6.90. The molecule has 0 amide bonds. The number of morpholine rings is 1. The number of likely N-dealkylation sites (tertiary alicyclic amines) is 1. The fraction of sp³-hybridized carbons (Fsp3) is 0.542. The summed E-state index contributed by atoms with van der Waals surface area (Å²) >= 11 is 0. The van der Waals surface area contributed by atoms with Crippen LogP contribution in [0.25, 0.3) is 0 Å². The van der Waals surface area contributed by atoms with Crippen molar-refractivity contribution >= 4 is 5.82 Å². The number of piperidine rings is 1. The predicted octanol–water partition coefficient (Wildman–Crippen LogP) is 3.98. The van der Waals surface area contributed by atoms with Crippen molar-refractivity contribution in [2.24, 2.45) is 0 Å². The Labute approximate surface area is 172 Å². The van der Waals surface area contributed by atoms with Crippen molar-refractivity contribution in [1.29, 1.82) is 0 Å². The molecule has 3 fully saturated rings. The monoisotopic (exact) mass is 395 g/mol. The van der Waals surface area contributed by atoms with Crippen molar-refractivity contribution in [2.45, 2.75) is 50.2 Å². The van der Waals surface area contributed by atoms with Gasteiger partial charge in [0.25, 0.3) is 0 Å². The standard InChI is InChI=1S/C24H30FN3O/c1-19-5-4-13-26-22(19)28-17-23(9-10-23)29-24(18-28)11-15-27(16-12-24)14-8-20-6-2-3-7-21(20)25/h2-7,13H,8-12,14-18H2,1H3. The van der Waals surface area contributed by atoms with E-state index >= 15 is 0 Å². The van der Waals surface area contributed by atoms with Crippen molar-refractivity contribution in [3.63, 3.8) is 0 Å². The number of hydrogen-bond acceptors (Lipinski definition) is 4. The summed E-state index contributed by atoms with van der Waals surface area (Å²) in [5.74, 6) is 1.03. The van der Waals surface area contributed by atoms with Gasteiger partial charge in [-0.15, -0.1) is 0 Å². The minimum Gasteiger partial charge on any atom is -0.365 e. The average molecular weight is 396 g/mol. The van der Waals surface area contributed by atoms with Crippen LogP contribution < -0.4 is 4.90 Å². The first-order valence-corrected chi connectivity index (χ1v) is 10.9. The maximum absolute atomic E-state index is 13.9. The van der Waals surface area contributed by atoms with Gasteiger partial charge in [0.1, 0.15) is 11.6 Å². The summed E-state index contributed by atoms with van der Waals surface area (Å²) in [6.45, 7) is 6.97. The van der Waals surface area contributed by atoms with Gasteiger partial charge >= 0.3 is 0 Å². The molecular formula is C24H30FN3O. The number of anilines is 1. The van der Waals surface area contributed by atoms with E-state index in [0.29, 0.717) is 0 Å². The number of benzene rings is 1. The molecule has 1 saturated carbocycles. The first kappa shape index (κ1) is 19.0. The van der Waals surface area contributed by atoms with E-state index in [1.807, 2.05) is 24.4 Å². The van der Waals surface area contributed by atoms with Crippen molar-refractivity contribution in [3.8, 4) is 0 Å². The van der Waals surface area contributed by atoms with Crippen LogP contribution in [0.4, 0.5) is 10.2 Å². The van der Waals surface area contributed by atoms with Gasteiger partial charge in [0.05, 0.1) is 11.2 Å². The molecule has 5 heteroatoms. The highest BCUT2D eigenvalue weighted by Crippen LogP contribution is 2.49. The number of nitrogens with zero attached hydrogens (tertiary/aromatic N) is 3. The molecule has 154 valence electrons. The Kier molecular flexibility index (Phi) is 4.83. The van der Waals surface area contributed by atoms with Gasteiger partial charge in [-0.2, -0.15) is 0 Å². The Morgan fingerprint density at radius 1 is 1.00 bits per heavy atom. The highest BCUT2D eigenvalue weighted by Gasteiger charge is 2.56. The van der Waals surface area contributed by atoms with E-state index in [1.54, 1.807) is 12.1 Å². The van der Waals surface area contributed by atoms with Crippen molar-refractivity contribution in [3.05, 3.63) is 59.5 Å². The van der Waals surface area contributed by atoms with Crippen LogP contribution in [0.2, 0.25) is 0 Å². The fourth-order valence-corrected chi connectivity index (χ4v) is 5.06. The van der Waals surface area contributed by atoms with Crippen LogP contribution in [0, 0.1) is 12.7 Å². The summed E-state index contributed by atoms with van der Waals surface area (Å²) in [7, 11) is 0. The second-order valence-corrected chi connectivity index (χ2v) is 9.15. The first-order valence-electron chi connectivity index (χ1n) is 10.9.